The fraction of sp³-hybridized carbons (Fsp3) is 0.571. The summed E-state index contributed by atoms with van der Waals surface area (Å²) in [6.07, 6.45) is 0.918. The molecule has 2 N–H and O–H groups in total. The third-order valence-electron chi connectivity index (χ3n) is 8.40. The molecule has 2 fully saturated rings. The number of methoxy groups -OCH3 is 2. The lowest BCUT2D eigenvalue weighted by Gasteiger charge is -2.40. The number of aliphatic carboxylic acids is 1. The van der Waals surface area contributed by atoms with E-state index >= 15 is 0 Å². The van der Waals surface area contributed by atoms with Crippen LogP contribution in [0, 0.1) is 0 Å². The number of hydrogen-bond donors (Lipinski definition) is 2. The van der Waals surface area contributed by atoms with Crippen molar-refractivity contribution in [1.82, 2.24) is 15.1 Å². The first-order chi connectivity index (χ1) is 23.3. The van der Waals surface area contributed by atoms with Crippen LogP contribution in [0.1, 0.15) is 68.3 Å². The van der Waals surface area contributed by atoms with Gasteiger partial charge in [0.05, 0.1) is 20.1 Å². The predicted octanol–water partition coefficient (Wildman–Crippen LogP) is 5.99. The summed E-state index contributed by atoms with van der Waals surface area (Å²) in [6.45, 7) is 6.68. The van der Waals surface area contributed by atoms with Gasteiger partial charge in [0.1, 0.15) is 0 Å². The lowest BCUT2D eigenvalue weighted by molar-refractivity contribution is -0.192. The summed E-state index contributed by atoms with van der Waals surface area (Å²) in [5.74, 6) is -1.45. The van der Waals surface area contributed by atoms with Crippen molar-refractivity contribution in [3.05, 3.63) is 58.6 Å². The van der Waals surface area contributed by atoms with E-state index in [0.717, 1.165) is 57.2 Å². The molecule has 0 unspecified atom stereocenters. The summed E-state index contributed by atoms with van der Waals surface area (Å²) in [4.78, 5) is 39.9. The van der Waals surface area contributed by atoms with Gasteiger partial charge in [0.2, 0.25) is 5.91 Å². The standard InChI is InChI=1S/C33H46ClN3O5.C2HF3O2/c1-23(2)37(33(39)25-10-15-30(41-4)31(20-25)42-19-7-18-40-3)28-12-11-26(35-22-28)16-17-36(27-13-14-27)32(38)21-24-8-5-6-9-29(24)34;3-2(4,5)1(6)7/h5-6,8-10,15,20,23,26-28,35H,7,11-14,16-19,21-22H2,1-4H3;(H,6,7)/t26-,28-;/m1./s1. The highest BCUT2D eigenvalue weighted by Gasteiger charge is 2.38. The van der Waals surface area contributed by atoms with Gasteiger partial charge < -0.3 is 34.4 Å². The van der Waals surface area contributed by atoms with Crippen LogP contribution >= 0.6 is 11.6 Å². The maximum absolute atomic E-state index is 13.8. The van der Waals surface area contributed by atoms with Crippen molar-refractivity contribution in [2.45, 2.75) is 89.1 Å². The lowest BCUT2D eigenvalue weighted by Crippen LogP contribution is -2.54. The largest absolute Gasteiger partial charge is 0.493 e. The molecule has 2 aromatic rings. The molecule has 49 heavy (non-hydrogen) atoms. The number of hydrogen-bond acceptors (Lipinski definition) is 7. The first-order valence-corrected chi connectivity index (χ1v) is 16.8. The number of piperidine rings is 1. The number of amides is 2. The Hall–Kier alpha value is -3.55. The highest BCUT2D eigenvalue weighted by Crippen LogP contribution is 2.31. The molecule has 2 aliphatic rings. The number of carboxylic acids is 1. The van der Waals surface area contributed by atoms with Gasteiger partial charge in [-0.3, -0.25) is 9.59 Å². The van der Waals surface area contributed by atoms with Crippen LogP contribution in [0.4, 0.5) is 13.2 Å². The normalized spacial score (nSPS) is 17.5. The number of rotatable bonds is 15. The molecule has 0 radical (unpaired) electrons. The summed E-state index contributed by atoms with van der Waals surface area (Å²) in [5, 5.41) is 11.5. The van der Waals surface area contributed by atoms with Crippen LogP contribution in [0.3, 0.4) is 0 Å². The Morgan fingerprint density at radius 1 is 1.00 bits per heavy atom. The Kier molecular flexibility index (Phi) is 15.5. The van der Waals surface area contributed by atoms with Crippen molar-refractivity contribution in [2.75, 3.05) is 40.5 Å². The van der Waals surface area contributed by atoms with Crippen LogP contribution in [-0.2, 0) is 20.7 Å². The van der Waals surface area contributed by atoms with E-state index in [-0.39, 0.29) is 23.9 Å². The molecule has 10 nitrogen and oxygen atoms in total. The zero-order valence-corrected chi connectivity index (χ0v) is 29.2. The van der Waals surface area contributed by atoms with Crippen molar-refractivity contribution >= 4 is 29.4 Å². The first-order valence-electron chi connectivity index (χ1n) is 16.5. The fourth-order valence-electron chi connectivity index (χ4n) is 5.76. The topological polar surface area (TPSA) is 118 Å². The van der Waals surface area contributed by atoms with Crippen LogP contribution in [0.5, 0.6) is 11.5 Å². The predicted molar refractivity (Wildman–Crippen MR) is 179 cm³/mol. The summed E-state index contributed by atoms with van der Waals surface area (Å²) < 4.78 is 48.2. The molecular formula is C35H47ClF3N3O7. The van der Waals surface area contributed by atoms with Gasteiger partial charge in [-0.05, 0) is 75.8 Å². The first kappa shape index (κ1) is 39.9. The average molecular weight is 714 g/mol. The Bertz CT molecular complexity index is 1380. The second-order valence-electron chi connectivity index (χ2n) is 12.4. The molecule has 14 heteroatoms. The second kappa shape index (κ2) is 19.0. The quantitative estimate of drug-likeness (QED) is 0.216. The van der Waals surface area contributed by atoms with Gasteiger partial charge in [-0.15, -0.1) is 0 Å². The summed E-state index contributed by atoms with van der Waals surface area (Å²) in [7, 11) is 3.26. The van der Waals surface area contributed by atoms with E-state index in [1.54, 1.807) is 26.4 Å². The molecule has 0 aromatic heterocycles. The molecule has 2 aromatic carbocycles. The summed E-state index contributed by atoms with van der Waals surface area (Å²) >= 11 is 6.32. The Morgan fingerprint density at radius 2 is 1.67 bits per heavy atom. The molecule has 272 valence electrons. The average Bonchev–Trinajstić information content (AvgIpc) is 3.90. The number of ether oxygens (including phenoxy) is 3. The van der Waals surface area contributed by atoms with Crippen molar-refractivity contribution in [3.63, 3.8) is 0 Å². The summed E-state index contributed by atoms with van der Waals surface area (Å²) in [6, 6.07) is 13.8. The van der Waals surface area contributed by atoms with E-state index in [1.807, 2.05) is 35.2 Å². The third kappa shape index (κ3) is 12.4. The number of nitrogens with zero attached hydrogens (tertiary/aromatic N) is 2. The molecule has 1 saturated heterocycles. The monoisotopic (exact) mass is 713 g/mol. The van der Waals surface area contributed by atoms with Crippen LogP contribution in [-0.4, -0.2) is 104 Å². The van der Waals surface area contributed by atoms with Crippen molar-refractivity contribution in [3.8, 4) is 11.5 Å². The molecule has 0 spiro atoms. The van der Waals surface area contributed by atoms with Gasteiger partial charge >= 0.3 is 12.1 Å². The SMILES string of the molecule is COCCCOc1cc(C(=O)N(C(C)C)[C@@H]2CC[C@H](CCN(C(=O)Cc3ccccc3Cl)C3CC3)NC2)ccc1OC.O=C(O)C(F)(F)F. The molecule has 1 saturated carbocycles. The molecule has 4 rings (SSSR count). The van der Waals surface area contributed by atoms with E-state index in [1.165, 1.54) is 0 Å². The fourth-order valence-corrected chi connectivity index (χ4v) is 5.96. The number of nitrogens with one attached hydrogen (secondary N) is 1. The zero-order chi connectivity index (χ0) is 36.1. The summed E-state index contributed by atoms with van der Waals surface area (Å²) in [5.41, 5.74) is 1.47. The molecule has 1 aliphatic carbocycles. The van der Waals surface area contributed by atoms with E-state index < -0.39 is 12.1 Å². The second-order valence-corrected chi connectivity index (χ2v) is 12.8. The smallest absolute Gasteiger partial charge is 0.490 e. The van der Waals surface area contributed by atoms with Gasteiger partial charge in [0, 0.05) is 68.0 Å². The molecule has 2 amide bonds. The Balaban J connectivity index is 0.000000838. The Labute approximate surface area is 290 Å². The highest BCUT2D eigenvalue weighted by atomic mass is 35.5. The molecular weight excluding hydrogens is 667 g/mol. The van der Waals surface area contributed by atoms with Crippen LogP contribution < -0.4 is 14.8 Å². The van der Waals surface area contributed by atoms with Crippen molar-refractivity contribution in [2.24, 2.45) is 0 Å². The number of carbonyl (C=O) groups excluding carboxylic acids is 2. The molecule has 2 atom stereocenters. The minimum atomic E-state index is -5.08. The van der Waals surface area contributed by atoms with Gasteiger partial charge in [0.15, 0.2) is 11.5 Å². The van der Waals surface area contributed by atoms with Crippen LogP contribution in [0.15, 0.2) is 42.5 Å². The van der Waals surface area contributed by atoms with Crippen molar-refractivity contribution in [1.29, 1.82) is 0 Å². The van der Waals surface area contributed by atoms with Gasteiger partial charge in [0.25, 0.3) is 5.91 Å². The number of carboxylic acid groups (broad SMARTS) is 1. The molecule has 1 aliphatic heterocycles. The van der Waals surface area contributed by atoms with Gasteiger partial charge in [-0.1, -0.05) is 29.8 Å². The Morgan fingerprint density at radius 3 is 2.22 bits per heavy atom. The molecule has 1 heterocycles. The van der Waals surface area contributed by atoms with Crippen LogP contribution in [0.25, 0.3) is 0 Å². The minimum Gasteiger partial charge on any atom is -0.493 e. The number of halogens is 4. The highest BCUT2D eigenvalue weighted by molar-refractivity contribution is 6.31. The third-order valence-corrected chi connectivity index (χ3v) is 8.77. The van der Waals surface area contributed by atoms with E-state index in [9.17, 15) is 22.8 Å². The van der Waals surface area contributed by atoms with Gasteiger partial charge in [-0.25, -0.2) is 4.79 Å². The van der Waals surface area contributed by atoms with E-state index in [2.05, 4.69) is 24.1 Å². The number of carbonyl (C=O) groups is 3. The molecule has 0 bridgehead atoms. The van der Waals surface area contributed by atoms with Crippen molar-refractivity contribution < 1.29 is 46.9 Å². The lowest BCUT2D eigenvalue weighted by atomic mass is 9.95. The maximum Gasteiger partial charge on any atom is 0.490 e. The zero-order valence-electron chi connectivity index (χ0n) is 28.4. The number of benzene rings is 2. The van der Waals surface area contributed by atoms with Crippen LogP contribution in [0.2, 0.25) is 5.02 Å². The minimum absolute atomic E-state index is 0.00952. The number of alkyl halides is 3. The van der Waals surface area contributed by atoms with E-state index in [4.69, 9.17) is 35.7 Å². The maximum atomic E-state index is 13.8. The van der Waals surface area contributed by atoms with Gasteiger partial charge in [-0.2, -0.15) is 13.2 Å². The van der Waals surface area contributed by atoms with E-state index in [0.29, 0.717) is 53.8 Å².